The number of nitrogens with one attached hydrogen (secondary N) is 1. The Bertz CT molecular complexity index is 565. The number of anilines is 1. The molecule has 1 heterocycles. The van der Waals surface area contributed by atoms with E-state index in [-0.39, 0.29) is 24.7 Å². The normalized spacial score (nSPS) is 16.3. The van der Waals surface area contributed by atoms with Gasteiger partial charge in [-0.05, 0) is 0 Å². The molecule has 0 saturated carbocycles. The molecule has 1 atom stereocenters. The Hall–Kier alpha value is -2.25. The molecule has 1 saturated heterocycles. The van der Waals surface area contributed by atoms with Crippen molar-refractivity contribution in [3.63, 3.8) is 0 Å². The third-order valence-electron chi connectivity index (χ3n) is 3.53. The van der Waals surface area contributed by atoms with Gasteiger partial charge in [-0.2, -0.15) is 0 Å². The molecule has 1 aromatic carbocycles. The van der Waals surface area contributed by atoms with Crippen LogP contribution < -0.4 is 5.32 Å². The summed E-state index contributed by atoms with van der Waals surface area (Å²) in [6, 6.07) is 0.732. The molecule has 0 aliphatic carbocycles. The molecule has 21 heavy (non-hydrogen) atoms. The SMILES string of the molecule is CC(C(=O)O)C1CN(C(=O)Nc2cc(F)c(F)c(F)c2)C1. The molecule has 0 bridgehead atoms. The number of aliphatic carboxylic acids is 1. The van der Waals surface area contributed by atoms with Gasteiger partial charge in [0.1, 0.15) is 0 Å². The van der Waals surface area contributed by atoms with E-state index < -0.39 is 35.4 Å². The van der Waals surface area contributed by atoms with Gasteiger partial charge in [0.15, 0.2) is 17.5 Å². The monoisotopic (exact) mass is 302 g/mol. The van der Waals surface area contributed by atoms with E-state index in [1.807, 2.05) is 0 Å². The number of carboxylic acid groups (broad SMARTS) is 1. The van der Waals surface area contributed by atoms with E-state index in [0.29, 0.717) is 12.1 Å². The zero-order chi connectivity index (χ0) is 15.7. The van der Waals surface area contributed by atoms with Gasteiger partial charge < -0.3 is 15.3 Å². The first kappa shape index (κ1) is 15.1. The molecule has 2 rings (SSSR count). The van der Waals surface area contributed by atoms with Gasteiger partial charge in [-0.15, -0.1) is 0 Å². The van der Waals surface area contributed by atoms with Crippen LogP contribution in [-0.4, -0.2) is 35.1 Å². The van der Waals surface area contributed by atoms with Crippen LogP contribution in [0.15, 0.2) is 12.1 Å². The zero-order valence-corrected chi connectivity index (χ0v) is 11.1. The van der Waals surface area contributed by atoms with Crippen molar-refractivity contribution in [1.29, 1.82) is 0 Å². The lowest BCUT2D eigenvalue weighted by molar-refractivity contribution is -0.144. The van der Waals surface area contributed by atoms with Crippen molar-refractivity contribution in [2.24, 2.45) is 11.8 Å². The van der Waals surface area contributed by atoms with Crippen molar-refractivity contribution >= 4 is 17.7 Å². The number of amides is 2. The van der Waals surface area contributed by atoms with Crippen molar-refractivity contribution < 1.29 is 27.9 Å². The summed E-state index contributed by atoms with van der Waals surface area (Å²) in [4.78, 5) is 23.8. The molecular formula is C13H13F3N2O3. The van der Waals surface area contributed by atoms with E-state index in [1.54, 1.807) is 6.92 Å². The molecule has 114 valence electrons. The maximum Gasteiger partial charge on any atom is 0.321 e. The minimum atomic E-state index is -1.60. The van der Waals surface area contributed by atoms with E-state index in [0.717, 1.165) is 0 Å². The predicted molar refractivity (Wildman–Crippen MR) is 67.2 cm³/mol. The number of nitrogens with zero attached hydrogens (tertiary/aromatic N) is 1. The lowest BCUT2D eigenvalue weighted by atomic mass is 9.87. The van der Waals surface area contributed by atoms with Crippen LogP contribution in [0.5, 0.6) is 0 Å². The fraction of sp³-hybridized carbons (Fsp3) is 0.385. The standard InChI is InChI=1S/C13H13F3N2O3/c1-6(12(19)20)7-4-18(5-7)13(21)17-8-2-9(14)11(16)10(15)3-8/h2-3,6-7H,4-5H2,1H3,(H,17,21)(H,19,20). The van der Waals surface area contributed by atoms with E-state index in [1.165, 1.54) is 4.90 Å². The van der Waals surface area contributed by atoms with E-state index in [2.05, 4.69) is 5.32 Å². The average molecular weight is 302 g/mol. The van der Waals surface area contributed by atoms with Crippen LogP contribution in [0, 0.1) is 29.3 Å². The molecule has 5 nitrogen and oxygen atoms in total. The van der Waals surface area contributed by atoms with Crippen LogP contribution in [0.25, 0.3) is 0 Å². The third kappa shape index (κ3) is 3.09. The average Bonchev–Trinajstić information content (AvgIpc) is 2.33. The molecule has 1 aliphatic rings. The van der Waals surface area contributed by atoms with Gasteiger partial charge >= 0.3 is 12.0 Å². The van der Waals surface area contributed by atoms with Crippen molar-refractivity contribution in [3.05, 3.63) is 29.6 Å². The summed E-state index contributed by atoms with van der Waals surface area (Å²) in [6.45, 7) is 2.03. The second-order valence-corrected chi connectivity index (χ2v) is 4.98. The van der Waals surface area contributed by atoms with Crippen molar-refractivity contribution in [2.75, 3.05) is 18.4 Å². The lowest BCUT2D eigenvalue weighted by Gasteiger charge is -2.41. The number of hydrogen-bond donors (Lipinski definition) is 2. The molecule has 1 fully saturated rings. The molecular weight excluding hydrogens is 289 g/mol. The summed E-state index contributed by atoms with van der Waals surface area (Å²) in [7, 11) is 0. The van der Waals surface area contributed by atoms with Crippen LogP contribution in [0.1, 0.15) is 6.92 Å². The first-order valence-corrected chi connectivity index (χ1v) is 6.23. The quantitative estimate of drug-likeness (QED) is 0.842. The van der Waals surface area contributed by atoms with E-state index in [9.17, 15) is 22.8 Å². The van der Waals surface area contributed by atoms with Gasteiger partial charge in [-0.3, -0.25) is 4.79 Å². The number of urea groups is 1. The van der Waals surface area contributed by atoms with Gasteiger partial charge in [0, 0.05) is 36.8 Å². The molecule has 0 aromatic heterocycles. The van der Waals surface area contributed by atoms with Crippen molar-refractivity contribution in [3.8, 4) is 0 Å². The van der Waals surface area contributed by atoms with Gasteiger partial charge in [-0.1, -0.05) is 6.92 Å². The van der Waals surface area contributed by atoms with Gasteiger partial charge in [-0.25, -0.2) is 18.0 Å². The molecule has 2 amide bonds. The number of halogens is 3. The maximum absolute atomic E-state index is 13.0. The minimum Gasteiger partial charge on any atom is -0.481 e. The van der Waals surface area contributed by atoms with Crippen LogP contribution >= 0.6 is 0 Å². The summed E-state index contributed by atoms with van der Waals surface area (Å²) in [5, 5.41) is 11.1. The largest absolute Gasteiger partial charge is 0.481 e. The predicted octanol–water partition coefficient (Wildman–Crippen LogP) is 2.29. The molecule has 1 unspecified atom stereocenters. The van der Waals surface area contributed by atoms with Gasteiger partial charge in [0.05, 0.1) is 5.92 Å². The molecule has 2 N–H and O–H groups in total. The second-order valence-electron chi connectivity index (χ2n) is 4.98. The highest BCUT2D eigenvalue weighted by Gasteiger charge is 2.37. The zero-order valence-electron chi connectivity index (χ0n) is 11.1. The maximum atomic E-state index is 13.0. The Morgan fingerprint density at radius 2 is 1.81 bits per heavy atom. The molecule has 0 spiro atoms. The topological polar surface area (TPSA) is 69.6 Å². The van der Waals surface area contributed by atoms with Crippen LogP contribution in [0.3, 0.4) is 0 Å². The van der Waals surface area contributed by atoms with E-state index in [4.69, 9.17) is 5.11 Å². The number of benzene rings is 1. The summed E-state index contributed by atoms with van der Waals surface area (Å²) >= 11 is 0. The van der Waals surface area contributed by atoms with Crippen LogP contribution in [0.4, 0.5) is 23.7 Å². The molecule has 0 radical (unpaired) electrons. The number of carboxylic acids is 1. The molecule has 8 heteroatoms. The van der Waals surface area contributed by atoms with Gasteiger partial charge in [0.25, 0.3) is 0 Å². The molecule has 1 aliphatic heterocycles. The summed E-state index contributed by atoms with van der Waals surface area (Å²) in [5.41, 5.74) is -0.203. The Morgan fingerprint density at radius 3 is 2.29 bits per heavy atom. The summed E-state index contributed by atoms with van der Waals surface area (Å²) in [5.74, 6) is -6.07. The number of carbonyl (C=O) groups is 2. The Balaban J connectivity index is 1.94. The Morgan fingerprint density at radius 1 is 1.29 bits per heavy atom. The summed E-state index contributed by atoms with van der Waals surface area (Å²) in [6.07, 6.45) is 0. The first-order chi connectivity index (χ1) is 9.79. The van der Waals surface area contributed by atoms with Crippen LogP contribution in [-0.2, 0) is 4.79 Å². The minimum absolute atomic E-state index is 0.157. The second kappa shape index (κ2) is 5.63. The first-order valence-electron chi connectivity index (χ1n) is 6.23. The highest BCUT2D eigenvalue weighted by atomic mass is 19.2. The number of hydrogen-bond acceptors (Lipinski definition) is 2. The summed E-state index contributed by atoms with van der Waals surface area (Å²) < 4.78 is 38.8. The lowest BCUT2D eigenvalue weighted by Crippen LogP contribution is -2.54. The smallest absolute Gasteiger partial charge is 0.321 e. The van der Waals surface area contributed by atoms with Gasteiger partial charge in [0.2, 0.25) is 0 Å². The third-order valence-corrected chi connectivity index (χ3v) is 3.53. The van der Waals surface area contributed by atoms with Crippen molar-refractivity contribution in [2.45, 2.75) is 6.92 Å². The fourth-order valence-electron chi connectivity index (χ4n) is 2.03. The van der Waals surface area contributed by atoms with Crippen molar-refractivity contribution in [1.82, 2.24) is 4.90 Å². The number of rotatable bonds is 3. The Labute approximate surface area is 118 Å². The molecule has 1 aromatic rings. The fourth-order valence-corrected chi connectivity index (χ4v) is 2.03. The number of carbonyl (C=O) groups excluding carboxylic acids is 1. The highest BCUT2D eigenvalue weighted by Crippen LogP contribution is 2.25. The van der Waals surface area contributed by atoms with Crippen LogP contribution in [0.2, 0.25) is 0 Å². The van der Waals surface area contributed by atoms with E-state index >= 15 is 0 Å². The Kier molecular flexibility index (Phi) is 4.06. The number of likely N-dealkylation sites (tertiary alicyclic amines) is 1. The highest BCUT2D eigenvalue weighted by molar-refractivity contribution is 5.90.